The molecular weight excluding hydrogens is 310 g/mol. The van der Waals surface area contributed by atoms with E-state index in [1.54, 1.807) is 16.8 Å². The number of hydrogen-bond acceptors (Lipinski definition) is 5. The van der Waals surface area contributed by atoms with Crippen molar-refractivity contribution < 1.29 is 0 Å². The fourth-order valence-corrected chi connectivity index (χ4v) is 5.61. The zero-order chi connectivity index (χ0) is 15.5. The molecule has 1 atom stereocenters. The highest BCUT2D eigenvalue weighted by atomic mass is 32.2. The second-order valence-corrected chi connectivity index (χ2v) is 8.25. The lowest BCUT2D eigenvalue weighted by Crippen LogP contribution is -2.25. The van der Waals surface area contributed by atoms with Crippen LogP contribution in [0.1, 0.15) is 37.6 Å². The molecule has 0 amide bonds. The van der Waals surface area contributed by atoms with Crippen LogP contribution in [0.15, 0.2) is 11.4 Å². The maximum Gasteiger partial charge on any atom is 0.128 e. The number of thioether (sulfide) groups is 1. The largest absolute Gasteiger partial charge is 0.303 e. The molecular formula is C17H25N3S2. The Balaban J connectivity index is 1.81. The molecule has 3 rings (SSSR count). The molecule has 0 aliphatic heterocycles. The zero-order valence-corrected chi connectivity index (χ0v) is 15.4. The summed E-state index contributed by atoms with van der Waals surface area (Å²) < 4.78 is 0. The fraction of sp³-hybridized carbons (Fsp3) is 0.647. The Morgan fingerprint density at radius 1 is 1.32 bits per heavy atom. The highest BCUT2D eigenvalue weighted by Crippen LogP contribution is 2.40. The van der Waals surface area contributed by atoms with Crippen molar-refractivity contribution in [3.8, 4) is 0 Å². The third-order valence-corrected chi connectivity index (χ3v) is 6.73. The Morgan fingerprint density at radius 3 is 2.91 bits per heavy atom. The van der Waals surface area contributed by atoms with Crippen LogP contribution in [-0.4, -0.2) is 40.3 Å². The van der Waals surface area contributed by atoms with E-state index in [1.807, 2.05) is 23.1 Å². The van der Waals surface area contributed by atoms with E-state index < -0.39 is 0 Å². The summed E-state index contributed by atoms with van der Waals surface area (Å²) in [7, 11) is 0. The molecule has 0 saturated heterocycles. The van der Waals surface area contributed by atoms with Gasteiger partial charge in [-0.25, -0.2) is 9.97 Å². The molecule has 0 bridgehead atoms. The van der Waals surface area contributed by atoms with Crippen LogP contribution in [0.5, 0.6) is 0 Å². The number of rotatable bonds is 6. The summed E-state index contributed by atoms with van der Waals surface area (Å²) >= 11 is 3.79. The van der Waals surface area contributed by atoms with Gasteiger partial charge < -0.3 is 4.90 Å². The molecule has 2 heterocycles. The van der Waals surface area contributed by atoms with Gasteiger partial charge in [-0.1, -0.05) is 20.8 Å². The van der Waals surface area contributed by atoms with E-state index in [4.69, 9.17) is 0 Å². The molecule has 0 aromatic carbocycles. The lowest BCUT2D eigenvalue weighted by atomic mass is 9.89. The average molecular weight is 336 g/mol. The van der Waals surface area contributed by atoms with Crippen molar-refractivity contribution in [1.82, 2.24) is 14.9 Å². The van der Waals surface area contributed by atoms with Gasteiger partial charge in [0.15, 0.2) is 0 Å². The van der Waals surface area contributed by atoms with Crippen LogP contribution in [0.25, 0.3) is 10.2 Å². The average Bonchev–Trinajstić information content (AvgIpc) is 2.89. The Kier molecular flexibility index (Phi) is 5.37. The van der Waals surface area contributed by atoms with E-state index in [9.17, 15) is 0 Å². The topological polar surface area (TPSA) is 29.0 Å². The highest BCUT2D eigenvalue weighted by molar-refractivity contribution is 7.99. The predicted octanol–water partition coefficient (Wildman–Crippen LogP) is 4.25. The number of hydrogen-bond donors (Lipinski definition) is 0. The molecule has 3 nitrogen and oxygen atoms in total. The van der Waals surface area contributed by atoms with E-state index in [2.05, 4.69) is 35.6 Å². The van der Waals surface area contributed by atoms with Crippen LogP contribution in [0.3, 0.4) is 0 Å². The summed E-state index contributed by atoms with van der Waals surface area (Å²) in [6.45, 7) is 10.2. The molecule has 0 N–H and O–H groups in total. The molecule has 5 heteroatoms. The van der Waals surface area contributed by atoms with Gasteiger partial charge in [0.25, 0.3) is 0 Å². The van der Waals surface area contributed by atoms with Crippen LogP contribution in [-0.2, 0) is 12.8 Å². The molecule has 0 spiro atoms. The minimum atomic E-state index is 0.812. The van der Waals surface area contributed by atoms with Crippen LogP contribution >= 0.6 is 23.1 Å². The third kappa shape index (κ3) is 3.31. The van der Waals surface area contributed by atoms with Crippen LogP contribution < -0.4 is 0 Å². The van der Waals surface area contributed by atoms with Crippen molar-refractivity contribution >= 4 is 33.3 Å². The summed E-state index contributed by atoms with van der Waals surface area (Å²) in [5.41, 5.74) is 1.55. The van der Waals surface area contributed by atoms with Crippen molar-refractivity contribution in [2.45, 2.75) is 45.1 Å². The molecule has 2 aromatic heterocycles. The van der Waals surface area contributed by atoms with Crippen molar-refractivity contribution in [2.75, 3.05) is 25.4 Å². The first-order valence-electron chi connectivity index (χ1n) is 8.33. The maximum atomic E-state index is 4.59. The number of fused-ring (bicyclic) bond motifs is 3. The van der Waals surface area contributed by atoms with Gasteiger partial charge in [-0.05, 0) is 43.8 Å². The van der Waals surface area contributed by atoms with Gasteiger partial charge in [-0.2, -0.15) is 0 Å². The standard InChI is InChI=1S/C17H25N3S2/c1-4-20(5-2)8-9-21-16-15-13-7-6-12(3)10-14(13)22-17(15)19-11-18-16/h11-12H,4-10H2,1-3H3. The summed E-state index contributed by atoms with van der Waals surface area (Å²) in [6.07, 6.45) is 5.47. The Labute approximate surface area is 141 Å². The highest BCUT2D eigenvalue weighted by Gasteiger charge is 2.23. The Hall–Kier alpha value is -0.650. The van der Waals surface area contributed by atoms with E-state index >= 15 is 0 Å². The molecule has 0 fully saturated rings. The first-order valence-corrected chi connectivity index (χ1v) is 10.1. The van der Waals surface area contributed by atoms with Gasteiger partial charge in [0.2, 0.25) is 0 Å². The first kappa shape index (κ1) is 16.2. The molecule has 0 radical (unpaired) electrons. The summed E-state index contributed by atoms with van der Waals surface area (Å²) in [6, 6.07) is 0. The second-order valence-electron chi connectivity index (χ2n) is 6.09. The third-order valence-electron chi connectivity index (χ3n) is 4.60. The molecule has 0 saturated carbocycles. The van der Waals surface area contributed by atoms with E-state index in [0.717, 1.165) is 31.3 Å². The number of nitrogens with zero attached hydrogens (tertiary/aromatic N) is 3. The SMILES string of the molecule is CCN(CC)CCSc1ncnc2sc3c(c12)CCC(C)C3. The van der Waals surface area contributed by atoms with Gasteiger partial charge in [-0.3, -0.25) is 0 Å². The zero-order valence-electron chi connectivity index (χ0n) is 13.8. The van der Waals surface area contributed by atoms with E-state index in [1.165, 1.54) is 34.5 Å². The van der Waals surface area contributed by atoms with Crippen molar-refractivity contribution in [2.24, 2.45) is 5.92 Å². The van der Waals surface area contributed by atoms with E-state index in [0.29, 0.717) is 0 Å². The van der Waals surface area contributed by atoms with Gasteiger partial charge in [0.05, 0.1) is 0 Å². The van der Waals surface area contributed by atoms with Crippen molar-refractivity contribution in [3.63, 3.8) is 0 Å². The summed E-state index contributed by atoms with van der Waals surface area (Å²) in [5.74, 6) is 1.92. The minimum Gasteiger partial charge on any atom is -0.303 e. The Bertz CT molecular complexity index is 634. The minimum absolute atomic E-state index is 0.812. The smallest absolute Gasteiger partial charge is 0.128 e. The number of aryl methyl sites for hydroxylation is 1. The van der Waals surface area contributed by atoms with Crippen LogP contribution in [0, 0.1) is 5.92 Å². The molecule has 2 aromatic rings. The molecule has 1 aliphatic rings. The molecule has 120 valence electrons. The predicted molar refractivity (Wildman–Crippen MR) is 97.1 cm³/mol. The van der Waals surface area contributed by atoms with E-state index in [-0.39, 0.29) is 0 Å². The summed E-state index contributed by atoms with van der Waals surface area (Å²) in [5, 5.41) is 2.56. The molecule has 1 aliphatic carbocycles. The van der Waals surface area contributed by atoms with Crippen molar-refractivity contribution in [3.05, 3.63) is 16.8 Å². The number of thiophene rings is 1. The second kappa shape index (κ2) is 7.28. The van der Waals surface area contributed by atoms with Gasteiger partial charge in [-0.15, -0.1) is 23.1 Å². The maximum absolute atomic E-state index is 4.59. The molecule has 22 heavy (non-hydrogen) atoms. The van der Waals surface area contributed by atoms with Crippen LogP contribution in [0.2, 0.25) is 0 Å². The fourth-order valence-electron chi connectivity index (χ4n) is 3.17. The summed E-state index contributed by atoms with van der Waals surface area (Å²) in [4.78, 5) is 14.3. The lowest BCUT2D eigenvalue weighted by molar-refractivity contribution is 0.324. The van der Waals surface area contributed by atoms with Gasteiger partial charge in [0.1, 0.15) is 16.2 Å². The first-order chi connectivity index (χ1) is 10.7. The van der Waals surface area contributed by atoms with Crippen molar-refractivity contribution in [1.29, 1.82) is 0 Å². The molecule has 1 unspecified atom stereocenters. The normalized spacial score (nSPS) is 18.1. The quantitative estimate of drug-likeness (QED) is 0.583. The monoisotopic (exact) mass is 335 g/mol. The lowest BCUT2D eigenvalue weighted by Gasteiger charge is -2.19. The van der Waals surface area contributed by atoms with Gasteiger partial charge in [0, 0.05) is 22.6 Å². The van der Waals surface area contributed by atoms with Gasteiger partial charge >= 0.3 is 0 Å². The van der Waals surface area contributed by atoms with Crippen LogP contribution in [0.4, 0.5) is 0 Å². The number of aromatic nitrogens is 2. The Morgan fingerprint density at radius 2 is 2.14 bits per heavy atom.